The number of nitrogens with zero attached hydrogens (tertiary/aromatic N) is 4. The summed E-state index contributed by atoms with van der Waals surface area (Å²) in [4.78, 5) is 35.3. The van der Waals surface area contributed by atoms with E-state index in [2.05, 4.69) is 25.3 Å². The number of thiophene rings is 1. The molecular weight excluding hydrogens is 406 g/mol. The van der Waals surface area contributed by atoms with E-state index in [4.69, 9.17) is 9.26 Å². The normalized spacial score (nSPS) is 15.1. The summed E-state index contributed by atoms with van der Waals surface area (Å²) in [6, 6.07) is 7.27. The van der Waals surface area contributed by atoms with Gasteiger partial charge in [0.1, 0.15) is 10.6 Å². The van der Waals surface area contributed by atoms with Crippen LogP contribution in [0.1, 0.15) is 34.3 Å². The number of esters is 1. The molecule has 3 aromatic rings. The van der Waals surface area contributed by atoms with Crippen molar-refractivity contribution in [2.45, 2.75) is 18.8 Å². The van der Waals surface area contributed by atoms with Gasteiger partial charge in [0.15, 0.2) is 0 Å². The average Bonchev–Trinajstić information content (AvgIpc) is 3.44. The van der Waals surface area contributed by atoms with Gasteiger partial charge in [-0.2, -0.15) is 4.98 Å². The number of amides is 1. The van der Waals surface area contributed by atoms with Gasteiger partial charge in [0.05, 0.1) is 19.3 Å². The van der Waals surface area contributed by atoms with E-state index in [9.17, 15) is 9.59 Å². The molecule has 4 rings (SSSR count). The summed E-state index contributed by atoms with van der Waals surface area (Å²) < 4.78 is 10.2. The second kappa shape index (κ2) is 9.14. The van der Waals surface area contributed by atoms with Gasteiger partial charge in [-0.1, -0.05) is 11.2 Å². The number of ether oxygens (including phenoxy) is 1. The lowest BCUT2D eigenvalue weighted by atomic mass is 9.97. The van der Waals surface area contributed by atoms with Crippen LogP contribution in [0.4, 0.5) is 5.69 Å². The first-order chi connectivity index (χ1) is 14.6. The minimum Gasteiger partial charge on any atom is -0.465 e. The largest absolute Gasteiger partial charge is 0.465 e. The van der Waals surface area contributed by atoms with E-state index in [1.54, 1.807) is 17.6 Å². The van der Waals surface area contributed by atoms with Crippen molar-refractivity contribution in [2.24, 2.45) is 0 Å². The van der Waals surface area contributed by atoms with Crippen molar-refractivity contribution in [1.29, 1.82) is 0 Å². The third-order valence-corrected chi connectivity index (χ3v) is 5.84. The summed E-state index contributed by atoms with van der Waals surface area (Å²) in [6.07, 6.45) is 3.34. The van der Waals surface area contributed by atoms with Gasteiger partial charge in [-0.15, -0.1) is 11.3 Å². The predicted molar refractivity (Wildman–Crippen MR) is 110 cm³/mol. The Kier molecular flexibility index (Phi) is 6.15. The molecule has 0 saturated carbocycles. The van der Waals surface area contributed by atoms with Crippen molar-refractivity contribution >= 4 is 28.9 Å². The van der Waals surface area contributed by atoms with Crippen LogP contribution in [0.25, 0.3) is 11.5 Å². The molecule has 0 radical (unpaired) electrons. The molecule has 156 valence electrons. The van der Waals surface area contributed by atoms with Gasteiger partial charge in [0.2, 0.25) is 17.6 Å². The Morgan fingerprint density at radius 1 is 1.30 bits per heavy atom. The van der Waals surface area contributed by atoms with E-state index >= 15 is 0 Å². The number of anilines is 1. The molecule has 1 saturated heterocycles. The van der Waals surface area contributed by atoms with E-state index in [0.29, 0.717) is 28.0 Å². The van der Waals surface area contributed by atoms with Gasteiger partial charge in [-0.3, -0.25) is 14.7 Å². The average molecular weight is 427 g/mol. The van der Waals surface area contributed by atoms with Crippen molar-refractivity contribution < 1.29 is 18.8 Å². The minimum absolute atomic E-state index is 0.160. The number of hydrogen-bond acceptors (Lipinski definition) is 9. The van der Waals surface area contributed by atoms with Crippen LogP contribution in [-0.2, 0) is 9.53 Å². The topological polar surface area (TPSA) is 110 Å². The highest BCUT2D eigenvalue weighted by atomic mass is 32.1. The number of likely N-dealkylation sites (tertiary alicyclic amines) is 1. The molecule has 1 N–H and O–H groups in total. The van der Waals surface area contributed by atoms with E-state index < -0.39 is 5.97 Å². The molecule has 3 aromatic heterocycles. The Labute approximate surface area is 177 Å². The molecule has 0 unspecified atom stereocenters. The lowest BCUT2D eigenvalue weighted by Crippen LogP contribution is -2.38. The van der Waals surface area contributed by atoms with Gasteiger partial charge >= 0.3 is 5.97 Å². The SMILES string of the molecule is COC(=O)c1sccc1NC(=O)CN1CCC(c2nc(-c3ccccn3)no2)CC1. The minimum atomic E-state index is -0.453. The third-order valence-electron chi connectivity index (χ3n) is 4.95. The van der Waals surface area contributed by atoms with Crippen LogP contribution in [-0.4, -0.2) is 58.6 Å². The second-order valence-corrected chi connectivity index (χ2v) is 7.84. The van der Waals surface area contributed by atoms with E-state index in [1.165, 1.54) is 18.4 Å². The molecule has 1 aliphatic rings. The fourth-order valence-corrected chi connectivity index (χ4v) is 4.16. The molecule has 0 aliphatic carbocycles. The van der Waals surface area contributed by atoms with Gasteiger partial charge in [-0.05, 0) is 49.5 Å². The lowest BCUT2D eigenvalue weighted by Gasteiger charge is -2.29. The Morgan fingerprint density at radius 2 is 2.13 bits per heavy atom. The second-order valence-electron chi connectivity index (χ2n) is 6.92. The lowest BCUT2D eigenvalue weighted by molar-refractivity contribution is -0.117. The number of pyridine rings is 1. The molecule has 1 fully saturated rings. The van der Waals surface area contributed by atoms with E-state index in [1.807, 2.05) is 18.2 Å². The number of hydrogen-bond donors (Lipinski definition) is 1. The van der Waals surface area contributed by atoms with Gasteiger partial charge < -0.3 is 14.6 Å². The predicted octanol–water partition coefficient (Wildman–Crippen LogP) is 2.80. The summed E-state index contributed by atoms with van der Waals surface area (Å²) in [5.41, 5.74) is 1.17. The first-order valence-corrected chi connectivity index (χ1v) is 10.4. The number of nitrogens with one attached hydrogen (secondary N) is 1. The van der Waals surface area contributed by atoms with Crippen LogP contribution in [0, 0.1) is 0 Å². The van der Waals surface area contributed by atoms with Gasteiger partial charge in [-0.25, -0.2) is 4.79 Å². The summed E-state index contributed by atoms with van der Waals surface area (Å²) in [7, 11) is 1.32. The Hall–Kier alpha value is -3.11. The molecule has 1 amide bonds. The smallest absolute Gasteiger partial charge is 0.350 e. The number of piperidine rings is 1. The molecule has 4 heterocycles. The van der Waals surface area contributed by atoms with Crippen molar-refractivity contribution in [3.05, 3.63) is 46.6 Å². The highest BCUT2D eigenvalue weighted by Crippen LogP contribution is 2.28. The molecule has 1 aliphatic heterocycles. The van der Waals surface area contributed by atoms with Crippen LogP contribution >= 0.6 is 11.3 Å². The number of methoxy groups -OCH3 is 1. The van der Waals surface area contributed by atoms with Crippen molar-refractivity contribution in [2.75, 3.05) is 32.1 Å². The van der Waals surface area contributed by atoms with Crippen LogP contribution in [0.15, 0.2) is 40.4 Å². The van der Waals surface area contributed by atoms with Crippen molar-refractivity contribution in [3.8, 4) is 11.5 Å². The van der Waals surface area contributed by atoms with Gasteiger partial charge in [0.25, 0.3) is 0 Å². The Bertz CT molecular complexity index is 1010. The molecule has 0 aromatic carbocycles. The monoisotopic (exact) mass is 427 g/mol. The zero-order valence-corrected chi connectivity index (χ0v) is 17.2. The maximum Gasteiger partial charge on any atom is 0.350 e. The third kappa shape index (κ3) is 4.55. The van der Waals surface area contributed by atoms with Crippen LogP contribution < -0.4 is 5.32 Å². The fraction of sp³-hybridized carbons (Fsp3) is 0.350. The highest BCUT2D eigenvalue weighted by Gasteiger charge is 2.27. The Morgan fingerprint density at radius 3 is 2.87 bits per heavy atom. The molecule has 9 nitrogen and oxygen atoms in total. The summed E-state index contributed by atoms with van der Waals surface area (Å²) in [6.45, 7) is 1.74. The number of rotatable bonds is 6. The molecule has 30 heavy (non-hydrogen) atoms. The number of aromatic nitrogens is 3. The number of carbonyl (C=O) groups is 2. The molecule has 0 bridgehead atoms. The zero-order chi connectivity index (χ0) is 20.9. The fourth-order valence-electron chi connectivity index (χ4n) is 3.39. The zero-order valence-electron chi connectivity index (χ0n) is 16.4. The maximum absolute atomic E-state index is 12.4. The van der Waals surface area contributed by atoms with Gasteiger partial charge in [0, 0.05) is 12.1 Å². The standard InChI is InChI=1S/C20H21N5O4S/c1-28-20(27)17-14(7-11-30-17)22-16(26)12-25-9-5-13(6-10-25)19-23-18(24-29-19)15-4-2-3-8-21-15/h2-4,7-8,11,13H,5-6,9-10,12H2,1H3,(H,22,26). The molecule has 0 spiro atoms. The maximum atomic E-state index is 12.4. The van der Waals surface area contributed by atoms with E-state index in [0.717, 1.165) is 25.9 Å². The van der Waals surface area contributed by atoms with Crippen LogP contribution in [0.5, 0.6) is 0 Å². The van der Waals surface area contributed by atoms with Crippen LogP contribution in [0.2, 0.25) is 0 Å². The molecule has 10 heteroatoms. The summed E-state index contributed by atoms with van der Waals surface area (Å²) in [5, 5.41) is 8.58. The Balaban J connectivity index is 1.29. The summed E-state index contributed by atoms with van der Waals surface area (Å²) >= 11 is 1.24. The summed E-state index contributed by atoms with van der Waals surface area (Å²) in [5.74, 6) is 0.653. The quantitative estimate of drug-likeness (QED) is 0.598. The van der Waals surface area contributed by atoms with Crippen LogP contribution in [0.3, 0.4) is 0 Å². The molecule has 0 atom stereocenters. The van der Waals surface area contributed by atoms with E-state index in [-0.39, 0.29) is 18.4 Å². The first kappa shape index (κ1) is 20.2. The highest BCUT2D eigenvalue weighted by molar-refractivity contribution is 7.12. The first-order valence-electron chi connectivity index (χ1n) is 9.57. The van der Waals surface area contributed by atoms with Crippen molar-refractivity contribution in [1.82, 2.24) is 20.0 Å². The number of carbonyl (C=O) groups excluding carboxylic acids is 2. The molecular formula is C20H21N5O4S. The van der Waals surface area contributed by atoms with Crippen molar-refractivity contribution in [3.63, 3.8) is 0 Å².